The van der Waals surface area contributed by atoms with Crippen molar-refractivity contribution in [3.8, 4) is 0 Å². The molecule has 4 rings (SSSR count). The molecule has 0 radical (unpaired) electrons. The lowest BCUT2D eigenvalue weighted by atomic mass is 9.70. The number of hydrogen-bond acceptors (Lipinski definition) is 3. The molecule has 0 amide bonds. The van der Waals surface area contributed by atoms with E-state index in [2.05, 4.69) is 20.8 Å². The van der Waals surface area contributed by atoms with Crippen LogP contribution in [0.3, 0.4) is 0 Å². The number of anilines is 1. The molecule has 0 aliphatic heterocycles. The summed E-state index contributed by atoms with van der Waals surface area (Å²) in [5, 5.41) is 11.4. The molecule has 0 spiro atoms. The van der Waals surface area contributed by atoms with Crippen LogP contribution in [0.15, 0.2) is 53.4 Å². The maximum atomic E-state index is 13.9. The number of rotatable bonds is 4. The zero-order chi connectivity index (χ0) is 21.2. The normalized spacial score (nSPS) is 30.5. The molecule has 2 aromatic rings. The number of nitrogens with zero attached hydrogens (tertiary/aromatic N) is 1. The highest BCUT2D eigenvalue weighted by atomic mass is 32.2. The van der Waals surface area contributed by atoms with Crippen LogP contribution < -0.4 is 4.31 Å². The predicted molar refractivity (Wildman–Crippen MR) is 116 cm³/mol. The maximum Gasteiger partial charge on any atom is 0.264 e. The number of aryl methyl sites for hydroxylation is 2. The Morgan fingerprint density at radius 1 is 1.00 bits per heavy atom. The van der Waals surface area contributed by atoms with Crippen molar-refractivity contribution in [1.29, 1.82) is 0 Å². The molecule has 0 heterocycles. The summed E-state index contributed by atoms with van der Waals surface area (Å²) in [5.74, 6) is 0.0989. The van der Waals surface area contributed by atoms with Gasteiger partial charge in [0.1, 0.15) is 0 Å². The number of benzene rings is 2. The van der Waals surface area contributed by atoms with Gasteiger partial charge in [0.2, 0.25) is 0 Å². The topological polar surface area (TPSA) is 57.6 Å². The predicted octanol–water partition coefficient (Wildman–Crippen LogP) is 4.68. The molecule has 2 aliphatic carbocycles. The van der Waals surface area contributed by atoms with Crippen LogP contribution in [0.4, 0.5) is 5.69 Å². The Morgan fingerprint density at radius 2 is 1.59 bits per heavy atom. The molecule has 2 fully saturated rings. The van der Waals surface area contributed by atoms with E-state index >= 15 is 0 Å². The van der Waals surface area contributed by atoms with Gasteiger partial charge in [-0.1, -0.05) is 45.0 Å². The second-order valence-corrected chi connectivity index (χ2v) is 11.5. The quantitative estimate of drug-likeness (QED) is 0.791. The molecule has 2 bridgehead atoms. The number of hydrogen-bond donors (Lipinski definition) is 1. The van der Waals surface area contributed by atoms with Gasteiger partial charge in [-0.25, -0.2) is 8.42 Å². The molecule has 2 saturated carbocycles. The molecule has 2 aromatic carbocycles. The lowest BCUT2D eigenvalue weighted by Crippen LogP contribution is -2.52. The van der Waals surface area contributed by atoms with E-state index in [0.29, 0.717) is 5.69 Å². The first-order chi connectivity index (χ1) is 13.5. The fraction of sp³-hybridized carbons (Fsp3) is 0.500. The van der Waals surface area contributed by atoms with E-state index in [1.165, 1.54) is 4.31 Å². The highest BCUT2D eigenvalue weighted by molar-refractivity contribution is 7.92. The molecule has 0 aromatic heterocycles. The molecule has 1 N–H and O–H groups in total. The molecular weight excluding hydrogens is 382 g/mol. The Balaban J connectivity index is 1.93. The standard InChI is InChI=1S/C24H31NO3S/c1-16-13-17(2)15-18(14-16)25(29(27,28)19-9-7-6-8-10-19)21-20-11-12-24(5,22(21)26)23(20,3)4/h6-10,13-15,20-22,26H,11-12H2,1-5H3/t20?,21-,22?,24+/m1/s1. The van der Waals surface area contributed by atoms with E-state index in [4.69, 9.17) is 0 Å². The summed E-state index contributed by atoms with van der Waals surface area (Å²) in [6.45, 7) is 10.4. The summed E-state index contributed by atoms with van der Waals surface area (Å²) >= 11 is 0. The summed E-state index contributed by atoms with van der Waals surface area (Å²) in [5.41, 5.74) is 2.22. The molecular formula is C24H31NO3S. The van der Waals surface area contributed by atoms with Gasteiger partial charge in [-0.3, -0.25) is 4.31 Å². The zero-order valence-corrected chi connectivity index (χ0v) is 18.7. The minimum absolute atomic E-state index is 0.0989. The smallest absolute Gasteiger partial charge is 0.264 e. The Bertz CT molecular complexity index is 1010. The van der Waals surface area contributed by atoms with Crippen LogP contribution >= 0.6 is 0 Å². The fourth-order valence-electron chi connectivity index (χ4n) is 5.83. The second-order valence-electron chi connectivity index (χ2n) is 9.68. The molecule has 29 heavy (non-hydrogen) atoms. The molecule has 4 atom stereocenters. The third-order valence-corrected chi connectivity index (χ3v) is 9.63. The Kier molecular flexibility index (Phi) is 4.63. The van der Waals surface area contributed by atoms with Crippen LogP contribution in [-0.2, 0) is 10.0 Å². The van der Waals surface area contributed by atoms with Gasteiger partial charge in [-0.15, -0.1) is 0 Å². The van der Waals surface area contributed by atoms with Gasteiger partial charge < -0.3 is 5.11 Å². The Hall–Kier alpha value is -1.85. The average molecular weight is 414 g/mol. The number of aliphatic hydroxyl groups excluding tert-OH is 1. The molecule has 5 heteroatoms. The monoisotopic (exact) mass is 413 g/mol. The van der Waals surface area contributed by atoms with Gasteiger partial charge >= 0.3 is 0 Å². The minimum atomic E-state index is -3.83. The number of sulfonamides is 1. The average Bonchev–Trinajstić information content (AvgIpc) is 2.95. The third-order valence-electron chi connectivity index (χ3n) is 7.79. The summed E-state index contributed by atoms with van der Waals surface area (Å²) in [7, 11) is -3.83. The van der Waals surface area contributed by atoms with Crippen LogP contribution in [-0.4, -0.2) is 25.7 Å². The Morgan fingerprint density at radius 3 is 2.10 bits per heavy atom. The number of aliphatic hydroxyl groups is 1. The molecule has 4 nitrogen and oxygen atoms in total. The zero-order valence-electron chi connectivity index (χ0n) is 17.9. The van der Waals surface area contributed by atoms with Gasteiger partial charge in [0, 0.05) is 5.41 Å². The van der Waals surface area contributed by atoms with E-state index < -0.39 is 22.2 Å². The molecule has 2 aliphatic rings. The van der Waals surface area contributed by atoms with Gasteiger partial charge in [0.25, 0.3) is 10.0 Å². The number of fused-ring (bicyclic) bond motifs is 2. The lowest BCUT2D eigenvalue weighted by Gasteiger charge is -2.40. The summed E-state index contributed by atoms with van der Waals surface area (Å²) in [6, 6.07) is 14.0. The lowest BCUT2D eigenvalue weighted by molar-refractivity contribution is 0.00654. The maximum absolute atomic E-state index is 13.9. The van der Waals surface area contributed by atoms with Crippen LogP contribution in [0.1, 0.15) is 44.7 Å². The Labute approximate surface area is 174 Å². The first-order valence-corrected chi connectivity index (χ1v) is 11.8. The van der Waals surface area contributed by atoms with Crippen molar-refractivity contribution < 1.29 is 13.5 Å². The van der Waals surface area contributed by atoms with Crippen molar-refractivity contribution >= 4 is 15.7 Å². The highest BCUT2D eigenvalue weighted by Crippen LogP contribution is 2.67. The first kappa shape index (κ1) is 20.4. The summed E-state index contributed by atoms with van der Waals surface area (Å²) in [6.07, 6.45) is 1.14. The van der Waals surface area contributed by atoms with Gasteiger partial charge in [0.15, 0.2) is 0 Å². The van der Waals surface area contributed by atoms with Crippen molar-refractivity contribution in [1.82, 2.24) is 0 Å². The van der Waals surface area contributed by atoms with Crippen molar-refractivity contribution in [3.63, 3.8) is 0 Å². The van der Waals surface area contributed by atoms with E-state index in [1.54, 1.807) is 24.3 Å². The highest BCUT2D eigenvalue weighted by Gasteiger charge is 2.68. The van der Waals surface area contributed by atoms with Crippen molar-refractivity contribution in [3.05, 3.63) is 59.7 Å². The van der Waals surface area contributed by atoms with Crippen LogP contribution in [0.25, 0.3) is 0 Å². The van der Waals surface area contributed by atoms with E-state index in [1.807, 2.05) is 38.1 Å². The van der Waals surface area contributed by atoms with E-state index in [0.717, 1.165) is 24.0 Å². The first-order valence-electron chi connectivity index (χ1n) is 10.4. The fourth-order valence-corrected chi connectivity index (χ4v) is 7.53. The minimum Gasteiger partial charge on any atom is -0.390 e. The van der Waals surface area contributed by atoms with Crippen molar-refractivity contribution in [2.75, 3.05) is 4.31 Å². The van der Waals surface area contributed by atoms with Crippen molar-refractivity contribution in [2.24, 2.45) is 16.7 Å². The summed E-state index contributed by atoms with van der Waals surface area (Å²) in [4.78, 5) is 0.261. The van der Waals surface area contributed by atoms with Crippen LogP contribution in [0.5, 0.6) is 0 Å². The van der Waals surface area contributed by atoms with Crippen LogP contribution in [0, 0.1) is 30.6 Å². The molecule has 2 unspecified atom stereocenters. The largest absolute Gasteiger partial charge is 0.390 e. The summed E-state index contributed by atoms with van der Waals surface area (Å²) < 4.78 is 29.3. The second kappa shape index (κ2) is 6.58. The SMILES string of the molecule is Cc1cc(C)cc(N([C@@H]2C3CC[C@@](C)(C2O)C3(C)C)S(=O)(=O)c2ccccc2)c1. The van der Waals surface area contributed by atoms with E-state index in [9.17, 15) is 13.5 Å². The third kappa shape index (κ3) is 2.85. The van der Waals surface area contributed by atoms with Gasteiger partial charge in [-0.05, 0) is 73.4 Å². The van der Waals surface area contributed by atoms with Gasteiger partial charge in [0.05, 0.1) is 22.7 Å². The van der Waals surface area contributed by atoms with Crippen molar-refractivity contribution in [2.45, 2.75) is 64.5 Å². The van der Waals surface area contributed by atoms with Gasteiger partial charge in [-0.2, -0.15) is 0 Å². The molecule has 156 valence electrons. The van der Waals surface area contributed by atoms with Crippen LogP contribution in [0.2, 0.25) is 0 Å². The van der Waals surface area contributed by atoms with E-state index in [-0.39, 0.29) is 21.6 Å². The molecule has 0 saturated heterocycles.